The number of nitrogens with one attached hydrogen (secondary N) is 2. The first-order valence-electron chi connectivity index (χ1n) is 9.53. The highest BCUT2D eigenvalue weighted by atomic mass is 16.4. The number of pyridine rings is 1. The Kier molecular flexibility index (Phi) is 5.24. The maximum atomic E-state index is 12.1. The van der Waals surface area contributed by atoms with Crippen molar-refractivity contribution in [2.45, 2.75) is 38.0 Å². The summed E-state index contributed by atoms with van der Waals surface area (Å²) in [6, 6.07) is 4.04. The molecule has 0 bridgehead atoms. The molecular weight excluding hydrogens is 344 g/mol. The van der Waals surface area contributed by atoms with E-state index in [1.54, 1.807) is 0 Å². The van der Waals surface area contributed by atoms with E-state index >= 15 is 0 Å². The zero-order chi connectivity index (χ0) is 18.6. The van der Waals surface area contributed by atoms with Crippen molar-refractivity contribution < 1.29 is 9.90 Å². The summed E-state index contributed by atoms with van der Waals surface area (Å²) >= 11 is 0. The van der Waals surface area contributed by atoms with Crippen LogP contribution in [-0.2, 0) is 11.2 Å². The van der Waals surface area contributed by atoms with Crippen LogP contribution in [-0.4, -0.2) is 49.8 Å². The third-order valence-corrected chi connectivity index (χ3v) is 5.75. The van der Waals surface area contributed by atoms with E-state index < -0.39 is 11.9 Å². The maximum Gasteiger partial charge on any atom is 0.307 e. The van der Waals surface area contributed by atoms with Gasteiger partial charge < -0.3 is 10.4 Å². The molecule has 2 aromatic rings. The van der Waals surface area contributed by atoms with Gasteiger partial charge in [0.1, 0.15) is 0 Å². The van der Waals surface area contributed by atoms with Gasteiger partial charge in [0.15, 0.2) is 5.82 Å². The monoisotopic (exact) mass is 368 g/mol. The van der Waals surface area contributed by atoms with Crippen LogP contribution in [0.15, 0.2) is 24.4 Å². The highest BCUT2D eigenvalue weighted by molar-refractivity contribution is 5.72. The second-order valence-electron chi connectivity index (χ2n) is 7.39. The molecule has 1 fully saturated rings. The fourth-order valence-corrected chi connectivity index (χ4v) is 4.38. The van der Waals surface area contributed by atoms with Crippen molar-refractivity contribution >= 4 is 11.5 Å². The molecule has 0 aromatic carbocycles. The van der Waals surface area contributed by atoms with E-state index in [4.69, 9.17) is 0 Å². The second-order valence-corrected chi connectivity index (χ2v) is 7.39. The molecule has 142 valence electrons. The highest BCUT2D eigenvalue weighted by Crippen LogP contribution is 2.40. The van der Waals surface area contributed by atoms with Crippen LogP contribution >= 0.6 is 0 Å². The van der Waals surface area contributed by atoms with E-state index in [0.717, 1.165) is 50.0 Å². The van der Waals surface area contributed by atoms with E-state index in [2.05, 4.69) is 43.1 Å². The Labute approximate surface area is 157 Å². The summed E-state index contributed by atoms with van der Waals surface area (Å²) < 4.78 is 0. The SMILES string of the molecule is O=C(O)C(C1CCCC1)[C@H](Cc1ccc(C2=CCNC2)cn1)c1nn[nH]n1. The average Bonchev–Trinajstić information content (AvgIpc) is 3.43. The Morgan fingerprint density at radius 2 is 2.15 bits per heavy atom. The quantitative estimate of drug-likeness (QED) is 0.682. The fourth-order valence-electron chi connectivity index (χ4n) is 4.38. The fraction of sp³-hybridized carbons (Fsp3) is 0.526. The van der Waals surface area contributed by atoms with Crippen molar-refractivity contribution in [1.82, 2.24) is 30.9 Å². The van der Waals surface area contributed by atoms with Crippen LogP contribution in [0.1, 0.15) is 48.7 Å². The van der Waals surface area contributed by atoms with Gasteiger partial charge >= 0.3 is 5.97 Å². The number of hydrogen-bond acceptors (Lipinski definition) is 6. The summed E-state index contributed by atoms with van der Waals surface area (Å²) in [5, 5.41) is 27.6. The third-order valence-electron chi connectivity index (χ3n) is 5.75. The summed E-state index contributed by atoms with van der Waals surface area (Å²) in [6.07, 6.45) is 8.58. The number of rotatable bonds is 7. The number of aromatic amines is 1. The number of carboxylic acids is 1. The lowest BCUT2D eigenvalue weighted by molar-refractivity contribution is -0.144. The number of carboxylic acid groups (broad SMARTS) is 1. The van der Waals surface area contributed by atoms with E-state index in [1.165, 1.54) is 5.57 Å². The summed E-state index contributed by atoms with van der Waals surface area (Å²) in [5.41, 5.74) is 3.20. The van der Waals surface area contributed by atoms with Crippen molar-refractivity contribution in [2.75, 3.05) is 13.1 Å². The molecule has 2 atom stereocenters. The van der Waals surface area contributed by atoms with Gasteiger partial charge in [-0.3, -0.25) is 9.78 Å². The minimum Gasteiger partial charge on any atom is -0.481 e. The van der Waals surface area contributed by atoms with E-state index in [1.807, 2.05) is 12.3 Å². The number of tetrazole rings is 1. The molecule has 0 radical (unpaired) electrons. The first kappa shape index (κ1) is 17.8. The van der Waals surface area contributed by atoms with Crippen molar-refractivity contribution in [3.05, 3.63) is 41.5 Å². The molecule has 0 spiro atoms. The predicted octanol–water partition coefficient (Wildman–Crippen LogP) is 1.80. The van der Waals surface area contributed by atoms with Gasteiger partial charge in [0.2, 0.25) is 0 Å². The highest BCUT2D eigenvalue weighted by Gasteiger charge is 2.39. The molecule has 0 amide bonds. The molecular formula is C19H24N6O2. The summed E-state index contributed by atoms with van der Waals surface area (Å²) in [4.78, 5) is 16.7. The molecule has 27 heavy (non-hydrogen) atoms. The lowest BCUT2D eigenvalue weighted by Gasteiger charge is -2.26. The zero-order valence-corrected chi connectivity index (χ0v) is 15.1. The molecule has 3 heterocycles. The summed E-state index contributed by atoms with van der Waals surface area (Å²) in [7, 11) is 0. The van der Waals surface area contributed by atoms with Gasteiger partial charge in [-0.15, -0.1) is 10.2 Å². The lowest BCUT2D eigenvalue weighted by Crippen LogP contribution is -2.30. The molecule has 2 aromatic heterocycles. The first-order valence-corrected chi connectivity index (χ1v) is 9.53. The second kappa shape index (κ2) is 7.96. The van der Waals surface area contributed by atoms with Gasteiger partial charge in [-0.2, -0.15) is 5.21 Å². The van der Waals surface area contributed by atoms with Gasteiger partial charge in [-0.1, -0.05) is 30.2 Å². The number of hydrogen-bond donors (Lipinski definition) is 3. The van der Waals surface area contributed by atoms with Crippen LogP contribution in [0.5, 0.6) is 0 Å². The molecule has 8 nitrogen and oxygen atoms in total. The number of H-pyrrole nitrogens is 1. The number of nitrogens with zero attached hydrogens (tertiary/aromatic N) is 4. The molecule has 1 aliphatic heterocycles. The van der Waals surface area contributed by atoms with Crippen LogP contribution in [0, 0.1) is 11.8 Å². The predicted molar refractivity (Wildman–Crippen MR) is 98.8 cm³/mol. The van der Waals surface area contributed by atoms with E-state index in [0.29, 0.717) is 12.2 Å². The molecule has 2 aliphatic rings. The van der Waals surface area contributed by atoms with Gasteiger partial charge in [-0.05, 0) is 36.0 Å². The average molecular weight is 368 g/mol. The summed E-state index contributed by atoms with van der Waals surface area (Å²) in [5.74, 6) is -1.03. The molecule has 8 heteroatoms. The van der Waals surface area contributed by atoms with Gasteiger partial charge in [-0.25, -0.2) is 0 Å². The Hall–Kier alpha value is -2.61. The summed E-state index contributed by atoms with van der Waals surface area (Å²) in [6.45, 7) is 1.74. The molecule has 1 unspecified atom stereocenters. The van der Waals surface area contributed by atoms with Gasteiger partial charge in [0, 0.05) is 37.3 Å². The van der Waals surface area contributed by atoms with Crippen molar-refractivity contribution in [2.24, 2.45) is 11.8 Å². The smallest absolute Gasteiger partial charge is 0.307 e. The maximum absolute atomic E-state index is 12.1. The number of carbonyl (C=O) groups is 1. The lowest BCUT2D eigenvalue weighted by atomic mass is 9.77. The zero-order valence-electron chi connectivity index (χ0n) is 15.1. The Balaban J connectivity index is 1.58. The number of aliphatic carboxylic acids is 1. The normalized spacial score (nSPS) is 19.8. The van der Waals surface area contributed by atoms with E-state index in [9.17, 15) is 9.90 Å². The van der Waals surface area contributed by atoms with Crippen LogP contribution in [0.4, 0.5) is 0 Å². The Bertz CT molecular complexity index is 796. The minimum absolute atomic E-state index is 0.153. The van der Waals surface area contributed by atoms with Crippen LogP contribution < -0.4 is 5.32 Å². The largest absolute Gasteiger partial charge is 0.481 e. The molecule has 0 saturated heterocycles. The van der Waals surface area contributed by atoms with Crippen LogP contribution in [0.3, 0.4) is 0 Å². The number of aromatic nitrogens is 5. The molecule has 3 N–H and O–H groups in total. The van der Waals surface area contributed by atoms with Crippen LogP contribution in [0.2, 0.25) is 0 Å². The topological polar surface area (TPSA) is 117 Å². The Morgan fingerprint density at radius 3 is 2.74 bits per heavy atom. The van der Waals surface area contributed by atoms with Gasteiger partial charge in [0.05, 0.1) is 5.92 Å². The Morgan fingerprint density at radius 1 is 1.30 bits per heavy atom. The molecule has 1 aliphatic carbocycles. The standard InChI is InChI=1S/C19H24N6O2/c26-19(27)17(12-3-1-2-4-12)16(18-22-24-25-23-18)9-15-6-5-13(11-21-15)14-7-8-20-10-14/h5-7,11-12,16-17,20H,1-4,8-10H2,(H,26,27)(H,22,23,24,25)/t16-,17?/m0/s1. The van der Waals surface area contributed by atoms with Crippen molar-refractivity contribution in [1.29, 1.82) is 0 Å². The first-order chi connectivity index (χ1) is 13.2. The molecule has 1 saturated carbocycles. The minimum atomic E-state index is -0.782. The third kappa shape index (κ3) is 3.90. The van der Waals surface area contributed by atoms with Crippen molar-refractivity contribution in [3.63, 3.8) is 0 Å². The van der Waals surface area contributed by atoms with Gasteiger partial charge in [0.25, 0.3) is 0 Å². The van der Waals surface area contributed by atoms with Crippen molar-refractivity contribution in [3.8, 4) is 0 Å². The van der Waals surface area contributed by atoms with E-state index in [-0.39, 0.29) is 11.8 Å². The van der Waals surface area contributed by atoms with Crippen LogP contribution in [0.25, 0.3) is 5.57 Å². The molecule has 4 rings (SSSR count).